The Morgan fingerprint density at radius 1 is 1.19 bits per heavy atom. The van der Waals surface area contributed by atoms with E-state index in [-0.39, 0.29) is 24.8 Å². The third-order valence-electron chi connectivity index (χ3n) is 5.30. The van der Waals surface area contributed by atoms with E-state index in [0.29, 0.717) is 29.8 Å². The summed E-state index contributed by atoms with van der Waals surface area (Å²) in [5.74, 6) is -1.03. The molecule has 1 unspecified atom stereocenters. The first-order valence-electron chi connectivity index (χ1n) is 9.76. The highest BCUT2D eigenvalue weighted by Crippen LogP contribution is 2.28. The lowest BCUT2D eigenvalue weighted by atomic mass is 10.0. The van der Waals surface area contributed by atoms with Gasteiger partial charge in [0.05, 0.1) is 11.6 Å². The molecule has 2 heterocycles. The van der Waals surface area contributed by atoms with Gasteiger partial charge in [-0.25, -0.2) is 4.79 Å². The van der Waals surface area contributed by atoms with E-state index in [0.717, 1.165) is 11.1 Å². The zero-order valence-corrected chi connectivity index (χ0v) is 16.5. The molecule has 4 rings (SSSR count). The molecule has 2 aliphatic rings. The number of nitriles is 1. The van der Waals surface area contributed by atoms with Crippen molar-refractivity contribution in [3.63, 3.8) is 0 Å². The van der Waals surface area contributed by atoms with Crippen molar-refractivity contribution in [1.82, 2.24) is 15.5 Å². The van der Waals surface area contributed by atoms with Crippen molar-refractivity contribution in [2.24, 2.45) is 0 Å². The van der Waals surface area contributed by atoms with Crippen LogP contribution in [0, 0.1) is 11.3 Å². The molecule has 2 aromatic carbocycles. The molecule has 0 aromatic heterocycles. The summed E-state index contributed by atoms with van der Waals surface area (Å²) in [6, 6.07) is 12.8. The van der Waals surface area contributed by atoms with Crippen LogP contribution in [0.3, 0.4) is 0 Å². The van der Waals surface area contributed by atoms with E-state index in [2.05, 4.69) is 16.0 Å². The summed E-state index contributed by atoms with van der Waals surface area (Å²) >= 11 is 0. The van der Waals surface area contributed by atoms with E-state index < -0.39 is 18.0 Å². The van der Waals surface area contributed by atoms with Crippen LogP contribution < -0.4 is 16.0 Å². The van der Waals surface area contributed by atoms with Gasteiger partial charge in [-0.15, -0.1) is 0 Å². The Bertz CT molecular complexity index is 1140. The number of benzene rings is 2. The van der Waals surface area contributed by atoms with Crippen LogP contribution in [0.4, 0.5) is 10.5 Å². The lowest BCUT2D eigenvalue weighted by molar-refractivity contribution is -0.136. The zero-order valence-electron chi connectivity index (χ0n) is 16.5. The predicted molar refractivity (Wildman–Crippen MR) is 110 cm³/mol. The Hall–Kier alpha value is -4.19. The summed E-state index contributed by atoms with van der Waals surface area (Å²) in [6.45, 7) is 0.507. The number of fused-ring (bicyclic) bond motifs is 1. The molecule has 2 aliphatic heterocycles. The lowest BCUT2D eigenvalue weighted by Gasteiger charge is -2.29. The number of piperidine rings is 1. The van der Waals surface area contributed by atoms with Crippen LogP contribution in [0.2, 0.25) is 0 Å². The van der Waals surface area contributed by atoms with Crippen LogP contribution in [-0.2, 0) is 22.7 Å². The van der Waals surface area contributed by atoms with E-state index in [4.69, 9.17) is 5.26 Å². The number of anilines is 1. The van der Waals surface area contributed by atoms with Crippen LogP contribution in [-0.4, -0.2) is 34.7 Å². The first-order chi connectivity index (χ1) is 14.9. The molecule has 0 aliphatic carbocycles. The first-order valence-corrected chi connectivity index (χ1v) is 9.76. The molecule has 0 radical (unpaired) electrons. The third kappa shape index (κ3) is 4.23. The minimum absolute atomic E-state index is 0.197. The Morgan fingerprint density at radius 3 is 2.81 bits per heavy atom. The minimum atomic E-state index is -0.658. The second-order valence-corrected chi connectivity index (χ2v) is 7.39. The average molecular weight is 417 g/mol. The van der Waals surface area contributed by atoms with E-state index in [1.54, 1.807) is 30.3 Å². The Morgan fingerprint density at radius 2 is 2.03 bits per heavy atom. The quantitative estimate of drug-likeness (QED) is 0.651. The highest BCUT2D eigenvalue weighted by atomic mass is 16.2. The van der Waals surface area contributed by atoms with Crippen LogP contribution in [0.5, 0.6) is 0 Å². The van der Waals surface area contributed by atoms with Gasteiger partial charge in [-0.05, 0) is 41.8 Å². The molecule has 9 heteroatoms. The van der Waals surface area contributed by atoms with Crippen molar-refractivity contribution < 1.29 is 19.2 Å². The number of hydrogen-bond donors (Lipinski definition) is 3. The van der Waals surface area contributed by atoms with Crippen LogP contribution in [0.15, 0.2) is 42.5 Å². The SMILES string of the molecule is N#Cc1cccc(NC(=O)NCc2ccc3c(c2)C(=O)N(C2CCC(=O)NC2=O)C3)c1. The minimum Gasteiger partial charge on any atom is -0.334 e. The summed E-state index contributed by atoms with van der Waals surface area (Å²) in [4.78, 5) is 50.0. The molecule has 0 bridgehead atoms. The lowest BCUT2D eigenvalue weighted by Crippen LogP contribution is -2.52. The third-order valence-corrected chi connectivity index (χ3v) is 5.30. The topological polar surface area (TPSA) is 131 Å². The van der Waals surface area contributed by atoms with Gasteiger partial charge in [-0.3, -0.25) is 19.7 Å². The number of amides is 5. The van der Waals surface area contributed by atoms with Gasteiger partial charge in [0.1, 0.15) is 6.04 Å². The number of urea groups is 1. The van der Waals surface area contributed by atoms with Crippen molar-refractivity contribution in [2.75, 3.05) is 5.32 Å². The number of hydrogen-bond acceptors (Lipinski definition) is 5. The zero-order chi connectivity index (χ0) is 22.0. The van der Waals surface area contributed by atoms with E-state index in [9.17, 15) is 19.2 Å². The first kappa shape index (κ1) is 20.1. The summed E-state index contributed by atoms with van der Waals surface area (Å²) < 4.78 is 0. The second kappa shape index (κ2) is 8.28. The molecule has 0 saturated carbocycles. The maximum absolute atomic E-state index is 12.8. The fourth-order valence-corrected chi connectivity index (χ4v) is 3.74. The predicted octanol–water partition coefficient (Wildman–Crippen LogP) is 1.64. The van der Waals surface area contributed by atoms with Gasteiger partial charge in [0, 0.05) is 30.8 Å². The highest BCUT2D eigenvalue weighted by Gasteiger charge is 2.39. The number of rotatable bonds is 4. The number of nitrogens with zero attached hydrogens (tertiary/aromatic N) is 2. The summed E-state index contributed by atoms with van der Waals surface area (Å²) in [7, 11) is 0. The molecular weight excluding hydrogens is 398 g/mol. The smallest absolute Gasteiger partial charge is 0.319 e. The molecule has 1 atom stereocenters. The summed E-state index contributed by atoms with van der Waals surface area (Å²) in [6.07, 6.45) is 0.518. The normalized spacial score (nSPS) is 17.6. The van der Waals surface area contributed by atoms with E-state index in [1.807, 2.05) is 18.2 Å². The Labute approximate surface area is 178 Å². The highest BCUT2D eigenvalue weighted by molar-refractivity contribution is 6.05. The fourth-order valence-electron chi connectivity index (χ4n) is 3.74. The summed E-state index contributed by atoms with van der Waals surface area (Å²) in [5, 5.41) is 16.6. The molecule has 1 saturated heterocycles. The number of carbonyl (C=O) groups is 4. The van der Waals surface area contributed by atoms with Gasteiger partial charge in [0.2, 0.25) is 11.8 Å². The standard InChI is InChI=1S/C22H19N5O4/c23-10-13-2-1-3-16(8-13)25-22(31)24-11-14-4-5-15-12-27(21(30)17(15)9-14)18-6-7-19(28)26-20(18)29/h1-5,8-9,18H,6-7,11-12H2,(H2,24,25,31)(H,26,28,29). The monoisotopic (exact) mass is 417 g/mol. The van der Waals surface area contributed by atoms with Crippen molar-refractivity contribution >= 4 is 29.4 Å². The maximum Gasteiger partial charge on any atom is 0.319 e. The van der Waals surface area contributed by atoms with Crippen LogP contribution in [0.1, 0.15) is 39.9 Å². The Kier molecular flexibility index (Phi) is 5.37. The van der Waals surface area contributed by atoms with Gasteiger partial charge in [-0.2, -0.15) is 5.26 Å². The molecule has 1 fully saturated rings. The molecule has 0 spiro atoms. The van der Waals surface area contributed by atoms with Gasteiger partial charge < -0.3 is 15.5 Å². The van der Waals surface area contributed by atoms with E-state index in [1.165, 1.54) is 4.90 Å². The molecule has 9 nitrogen and oxygen atoms in total. The molecule has 2 aromatic rings. The maximum atomic E-state index is 12.8. The van der Waals surface area contributed by atoms with Crippen LogP contribution in [0.25, 0.3) is 0 Å². The van der Waals surface area contributed by atoms with Gasteiger partial charge in [0.15, 0.2) is 0 Å². The molecule has 31 heavy (non-hydrogen) atoms. The fraction of sp³-hybridized carbons (Fsp3) is 0.227. The molecule has 156 valence electrons. The summed E-state index contributed by atoms with van der Waals surface area (Å²) in [5.41, 5.74) is 2.97. The van der Waals surface area contributed by atoms with E-state index >= 15 is 0 Å². The van der Waals surface area contributed by atoms with Crippen LogP contribution >= 0.6 is 0 Å². The average Bonchev–Trinajstić information content (AvgIpc) is 3.08. The molecule has 5 amide bonds. The van der Waals surface area contributed by atoms with Gasteiger partial charge >= 0.3 is 6.03 Å². The van der Waals surface area contributed by atoms with Gasteiger partial charge in [-0.1, -0.05) is 18.2 Å². The Balaban J connectivity index is 1.38. The molecule has 3 N–H and O–H groups in total. The van der Waals surface area contributed by atoms with Crippen molar-refractivity contribution in [3.05, 3.63) is 64.7 Å². The van der Waals surface area contributed by atoms with Gasteiger partial charge in [0.25, 0.3) is 5.91 Å². The number of imide groups is 1. The number of carbonyl (C=O) groups excluding carboxylic acids is 4. The number of nitrogens with one attached hydrogen (secondary N) is 3. The van der Waals surface area contributed by atoms with Crippen molar-refractivity contribution in [2.45, 2.75) is 32.0 Å². The van der Waals surface area contributed by atoms with Crippen molar-refractivity contribution in [1.29, 1.82) is 5.26 Å². The molecular formula is C22H19N5O4. The van der Waals surface area contributed by atoms with Crippen molar-refractivity contribution in [3.8, 4) is 6.07 Å². The second-order valence-electron chi connectivity index (χ2n) is 7.39. The largest absolute Gasteiger partial charge is 0.334 e.